The zero-order valence-corrected chi connectivity index (χ0v) is 21.7. The largest absolute Gasteiger partial charge is 0.366 e. The number of carbonyl (C=O) groups is 1. The smallest absolute Gasteiger partial charge is 0.263 e. The van der Waals surface area contributed by atoms with Gasteiger partial charge >= 0.3 is 0 Å². The van der Waals surface area contributed by atoms with Gasteiger partial charge in [-0.25, -0.2) is 13.8 Å². The van der Waals surface area contributed by atoms with Gasteiger partial charge in [-0.3, -0.25) is 14.6 Å². The molecule has 2 N–H and O–H groups in total. The Morgan fingerprint density at radius 3 is 2.59 bits per heavy atom. The van der Waals surface area contributed by atoms with Gasteiger partial charge in [0.05, 0.1) is 23.8 Å². The number of nitrogens with one attached hydrogen (secondary N) is 2. The van der Waals surface area contributed by atoms with E-state index in [2.05, 4.69) is 27.4 Å². The van der Waals surface area contributed by atoms with E-state index in [1.54, 1.807) is 12.3 Å². The molecule has 1 saturated heterocycles. The standard InChI is InChI=1S/C29H30F2N6O2/c1-2-36-12-9-21(10-13-36)34-27-17-32-25-8-6-19(15-26(25)35-27)16-33-28(38)22-4-3-11-37(29(22)39)18-20-5-7-23(30)24(31)14-20/h3-8,11,14-15,17,21H,2,9-10,12-13,16,18H2,1H3,(H,33,38)(H,34,35). The fourth-order valence-corrected chi connectivity index (χ4v) is 4.79. The fourth-order valence-electron chi connectivity index (χ4n) is 4.79. The summed E-state index contributed by atoms with van der Waals surface area (Å²) >= 11 is 0. The van der Waals surface area contributed by atoms with Crippen molar-refractivity contribution in [3.63, 3.8) is 0 Å². The van der Waals surface area contributed by atoms with Crippen molar-refractivity contribution >= 4 is 22.8 Å². The van der Waals surface area contributed by atoms with E-state index in [1.807, 2.05) is 18.2 Å². The van der Waals surface area contributed by atoms with Gasteiger partial charge in [0.2, 0.25) is 0 Å². The zero-order chi connectivity index (χ0) is 27.4. The lowest BCUT2D eigenvalue weighted by Crippen LogP contribution is -2.39. The van der Waals surface area contributed by atoms with Gasteiger partial charge in [0.15, 0.2) is 11.6 Å². The minimum atomic E-state index is -0.991. The average molecular weight is 533 g/mol. The van der Waals surface area contributed by atoms with Gasteiger partial charge in [-0.1, -0.05) is 19.1 Å². The predicted octanol–water partition coefficient (Wildman–Crippen LogP) is 3.94. The Morgan fingerprint density at radius 2 is 1.82 bits per heavy atom. The minimum absolute atomic E-state index is 0.00852. The number of aromatic nitrogens is 3. The average Bonchev–Trinajstić information content (AvgIpc) is 2.95. The molecular formula is C29H30F2N6O2. The number of fused-ring (bicyclic) bond motifs is 1. The summed E-state index contributed by atoms with van der Waals surface area (Å²) in [5, 5.41) is 6.29. The summed E-state index contributed by atoms with van der Waals surface area (Å²) < 4.78 is 28.1. The van der Waals surface area contributed by atoms with Gasteiger partial charge in [0.1, 0.15) is 11.4 Å². The number of rotatable bonds is 8. The molecule has 0 aliphatic carbocycles. The fraction of sp³-hybridized carbons (Fsp3) is 0.310. The molecular weight excluding hydrogens is 502 g/mol. The van der Waals surface area contributed by atoms with Crippen LogP contribution >= 0.6 is 0 Å². The van der Waals surface area contributed by atoms with Gasteiger partial charge in [-0.2, -0.15) is 0 Å². The van der Waals surface area contributed by atoms with E-state index in [-0.39, 0.29) is 18.7 Å². The van der Waals surface area contributed by atoms with Crippen LogP contribution in [0.4, 0.5) is 14.6 Å². The molecule has 5 rings (SSSR count). The molecule has 4 aromatic rings. The number of nitrogens with zero attached hydrogens (tertiary/aromatic N) is 4. The Bertz CT molecular complexity index is 1550. The number of benzene rings is 2. The number of amides is 1. The topological polar surface area (TPSA) is 92.1 Å². The summed E-state index contributed by atoms with van der Waals surface area (Å²) in [6.07, 6.45) is 5.36. The van der Waals surface area contributed by atoms with Crippen LogP contribution in [0.3, 0.4) is 0 Å². The lowest BCUT2D eigenvalue weighted by atomic mass is 10.1. The third-order valence-corrected chi connectivity index (χ3v) is 7.05. The molecule has 0 bridgehead atoms. The van der Waals surface area contributed by atoms with Gasteiger partial charge in [-0.05, 0) is 66.9 Å². The van der Waals surface area contributed by atoms with Crippen LogP contribution in [0.5, 0.6) is 0 Å². The molecule has 0 atom stereocenters. The Hall–Kier alpha value is -4.18. The van der Waals surface area contributed by atoms with Crippen molar-refractivity contribution in [3.05, 3.63) is 99.6 Å². The molecule has 2 aromatic heterocycles. The molecule has 0 spiro atoms. The third kappa shape index (κ3) is 6.28. The number of anilines is 1. The van der Waals surface area contributed by atoms with E-state index in [1.165, 1.54) is 22.9 Å². The Kier molecular flexibility index (Phi) is 7.92. The van der Waals surface area contributed by atoms with Crippen LogP contribution in [0.2, 0.25) is 0 Å². The molecule has 1 fully saturated rings. The number of hydrogen-bond donors (Lipinski definition) is 2. The highest BCUT2D eigenvalue weighted by molar-refractivity contribution is 5.93. The first-order valence-electron chi connectivity index (χ1n) is 13.1. The molecule has 8 nitrogen and oxygen atoms in total. The Morgan fingerprint density at radius 1 is 1.03 bits per heavy atom. The first-order valence-corrected chi connectivity index (χ1v) is 13.1. The van der Waals surface area contributed by atoms with Crippen LogP contribution in [0.25, 0.3) is 11.0 Å². The summed E-state index contributed by atoms with van der Waals surface area (Å²) in [6, 6.07) is 12.4. The Balaban J connectivity index is 1.24. The molecule has 0 saturated carbocycles. The highest BCUT2D eigenvalue weighted by atomic mass is 19.2. The molecule has 202 valence electrons. The second-order valence-corrected chi connectivity index (χ2v) is 9.72. The number of halogens is 2. The molecule has 0 radical (unpaired) electrons. The van der Waals surface area contributed by atoms with E-state index in [0.717, 1.165) is 61.5 Å². The van der Waals surface area contributed by atoms with Crippen LogP contribution in [0, 0.1) is 11.6 Å². The van der Waals surface area contributed by atoms with E-state index >= 15 is 0 Å². The number of likely N-dealkylation sites (tertiary alicyclic amines) is 1. The SMILES string of the molecule is CCN1CCC(Nc2cnc3ccc(CNC(=O)c4cccn(Cc5ccc(F)c(F)c5)c4=O)cc3n2)CC1. The van der Waals surface area contributed by atoms with Crippen molar-refractivity contribution in [2.24, 2.45) is 0 Å². The zero-order valence-electron chi connectivity index (χ0n) is 21.7. The van der Waals surface area contributed by atoms with Gasteiger partial charge in [0, 0.05) is 31.9 Å². The summed E-state index contributed by atoms with van der Waals surface area (Å²) in [5.74, 6) is -1.75. The van der Waals surface area contributed by atoms with E-state index < -0.39 is 23.1 Å². The van der Waals surface area contributed by atoms with Crippen molar-refractivity contribution in [1.29, 1.82) is 0 Å². The maximum Gasteiger partial charge on any atom is 0.263 e. The minimum Gasteiger partial charge on any atom is -0.366 e. The van der Waals surface area contributed by atoms with Crippen LogP contribution in [-0.4, -0.2) is 51.0 Å². The first-order chi connectivity index (χ1) is 18.9. The van der Waals surface area contributed by atoms with Gasteiger partial charge in [-0.15, -0.1) is 0 Å². The van der Waals surface area contributed by atoms with E-state index in [0.29, 0.717) is 17.1 Å². The lowest BCUT2D eigenvalue weighted by Gasteiger charge is -2.31. The number of hydrogen-bond acceptors (Lipinski definition) is 6. The second kappa shape index (κ2) is 11.7. The summed E-state index contributed by atoms with van der Waals surface area (Å²) in [5.41, 5.74) is 2.12. The van der Waals surface area contributed by atoms with Crippen molar-refractivity contribution in [2.45, 2.75) is 38.9 Å². The van der Waals surface area contributed by atoms with Gasteiger partial charge < -0.3 is 20.1 Å². The van der Waals surface area contributed by atoms with Crippen molar-refractivity contribution in [2.75, 3.05) is 25.0 Å². The molecule has 1 amide bonds. The van der Waals surface area contributed by atoms with Crippen LogP contribution < -0.4 is 16.2 Å². The maximum absolute atomic E-state index is 13.6. The Labute approximate surface area is 224 Å². The number of pyridine rings is 1. The summed E-state index contributed by atoms with van der Waals surface area (Å²) in [7, 11) is 0. The van der Waals surface area contributed by atoms with E-state index in [4.69, 9.17) is 4.98 Å². The van der Waals surface area contributed by atoms with Crippen molar-refractivity contribution in [1.82, 2.24) is 24.8 Å². The quantitative estimate of drug-likeness (QED) is 0.357. The molecule has 3 heterocycles. The van der Waals surface area contributed by atoms with Crippen molar-refractivity contribution in [3.8, 4) is 0 Å². The molecule has 39 heavy (non-hydrogen) atoms. The number of carbonyl (C=O) groups excluding carboxylic acids is 1. The normalized spacial score (nSPS) is 14.4. The van der Waals surface area contributed by atoms with Crippen LogP contribution in [0.15, 0.2) is 65.7 Å². The lowest BCUT2D eigenvalue weighted by molar-refractivity contribution is 0.0948. The van der Waals surface area contributed by atoms with Gasteiger partial charge in [0.25, 0.3) is 11.5 Å². The molecule has 10 heteroatoms. The monoisotopic (exact) mass is 532 g/mol. The highest BCUT2D eigenvalue weighted by Crippen LogP contribution is 2.18. The number of piperidine rings is 1. The highest BCUT2D eigenvalue weighted by Gasteiger charge is 2.18. The predicted molar refractivity (Wildman–Crippen MR) is 146 cm³/mol. The maximum atomic E-state index is 13.6. The first kappa shape index (κ1) is 26.4. The molecule has 0 unspecified atom stereocenters. The van der Waals surface area contributed by atoms with Crippen LogP contribution in [0.1, 0.15) is 41.3 Å². The molecule has 2 aromatic carbocycles. The van der Waals surface area contributed by atoms with Crippen LogP contribution in [-0.2, 0) is 13.1 Å². The summed E-state index contributed by atoms with van der Waals surface area (Å²) in [6.45, 7) is 5.58. The van der Waals surface area contributed by atoms with Crippen molar-refractivity contribution < 1.29 is 13.6 Å². The summed E-state index contributed by atoms with van der Waals surface area (Å²) in [4.78, 5) is 37.4. The molecule has 1 aliphatic rings. The molecule has 1 aliphatic heterocycles. The second-order valence-electron chi connectivity index (χ2n) is 9.72. The third-order valence-electron chi connectivity index (χ3n) is 7.05. The van der Waals surface area contributed by atoms with E-state index in [9.17, 15) is 18.4 Å².